The number of imidazole rings is 1. The largest absolute Gasteiger partial charge is 0.478 e. The molecular formula is C30H28FN5O4. The second-order valence-corrected chi connectivity index (χ2v) is 10.1. The smallest absolute Gasteiger partial charge is 0.335 e. The molecule has 0 unspecified atom stereocenters. The van der Waals surface area contributed by atoms with Gasteiger partial charge in [-0.1, -0.05) is 12.1 Å². The highest BCUT2D eigenvalue weighted by atomic mass is 19.1. The molecule has 10 heteroatoms. The van der Waals surface area contributed by atoms with Crippen LogP contribution in [0.25, 0.3) is 11.0 Å². The second-order valence-electron chi connectivity index (χ2n) is 10.1. The van der Waals surface area contributed by atoms with Crippen LogP contribution in [-0.2, 0) is 17.9 Å². The molecule has 4 aromatic rings. The van der Waals surface area contributed by atoms with Crippen molar-refractivity contribution in [2.24, 2.45) is 0 Å². The van der Waals surface area contributed by atoms with Crippen LogP contribution in [0.1, 0.15) is 57.8 Å². The minimum atomic E-state index is -0.953. The monoisotopic (exact) mass is 541 g/mol. The lowest BCUT2D eigenvalue weighted by molar-refractivity contribution is 0.0529. The SMILES string of the molecule is N#Cc1ccc(COc2cccc(C3CCN([C@H]4COCCn5c4nc4ccc(C(=O)O)cc45)CC3)n2)c(F)c1. The van der Waals surface area contributed by atoms with Crippen molar-refractivity contribution in [1.82, 2.24) is 19.4 Å². The van der Waals surface area contributed by atoms with Crippen LogP contribution in [-0.4, -0.2) is 56.8 Å². The predicted molar refractivity (Wildman–Crippen MR) is 143 cm³/mol. The molecule has 40 heavy (non-hydrogen) atoms. The first-order chi connectivity index (χ1) is 19.5. The Morgan fingerprint density at radius 2 is 1.98 bits per heavy atom. The average Bonchev–Trinajstić information content (AvgIpc) is 3.20. The van der Waals surface area contributed by atoms with Crippen LogP contribution in [0.15, 0.2) is 54.6 Å². The van der Waals surface area contributed by atoms with Crippen molar-refractivity contribution in [3.8, 4) is 11.9 Å². The molecule has 1 atom stereocenters. The number of aromatic nitrogens is 3. The first kappa shape index (κ1) is 25.9. The molecule has 2 aliphatic rings. The number of pyridine rings is 1. The van der Waals surface area contributed by atoms with E-state index in [-0.39, 0.29) is 29.7 Å². The van der Waals surface area contributed by atoms with E-state index in [1.165, 1.54) is 6.07 Å². The minimum Gasteiger partial charge on any atom is -0.478 e. The number of ether oxygens (including phenoxy) is 2. The number of fused-ring (bicyclic) bond motifs is 3. The topological polar surface area (TPSA) is 114 Å². The van der Waals surface area contributed by atoms with Crippen molar-refractivity contribution >= 4 is 17.0 Å². The zero-order valence-corrected chi connectivity index (χ0v) is 21.8. The molecule has 0 spiro atoms. The number of hydrogen-bond acceptors (Lipinski definition) is 7. The molecule has 2 aromatic heterocycles. The van der Waals surface area contributed by atoms with Gasteiger partial charge in [-0.15, -0.1) is 0 Å². The first-order valence-electron chi connectivity index (χ1n) is 13.3. The van der Waals surface area contributed by atoms with Gasteiger partial charge in [0, 0.05) is 29.8 Å². The Labute approximate surface area is 230 Å². The Morgan fingerprint density at radius 3 is 2.75 bits per heavy atom. The summed E-state index contributed by atoms with van der Waals surface area (Å²) in [6.07, 6.45) is 1.81. The number of nitrogens with zero attached hydrogens (tertiary/aromatic N) is 5. The molecule has 0 bridgehead atoms. The van der Waals surface area contributed by atoms with Crippen LogP contribution in [0, 0.1) is 17.1 Å². The van der Waals surface area contributed by atoms with E-state index in [0.29, 0.717) is 31.2 Å². The Hall–Kier alpha value is -4.33. The molecule has 9 nitrogen and oxygen atoms in total. The molecule has 2 aliphatic heterocycles. The van der Waals surface area contributed by atoms with E-state index in [0.717, 1.165) is 48.5 Å². The van der Waals surface area contributed by atoms with Crippen molar-refractivity contribution in [2.75, 3.05) is 26.3 Å². The molecular weight excluding hydrogens is 513 g/mol. The second kappa shape index (κ2) is 11.0. The van der Waals surface area contributed by atoms with Crippen LogP contribution in [0.5, 0.6) is 5.88 Å². The lowest BCUT2D eigenvalue weighted by Crippen LogP contribution is -2.38. The normalized spacial score (nSPS) is 18.1. The maximum atomic E-state index is 14.2. The number of likely N-dealkylation sites (tertiary alicyclic amines) is 1. The van der Waals surface area contributed by atoms with Gasteiger partial charge in [-0.05, 0) is 62.3 Å². The molecule has 1 saturated heterocycles. The van der Waals surface area contributed by atoms with Crippen molar-refractivity contribution in [1.29, 1.82) is 5.26 Å². The molecule has 204 valence electrons. The highest BCUT2D eigenvalue weighted by Gasteiger charge is 2.32. The molecule has 0 radical (unpaired) electrons. The Balaban J connectivity index is 1.13. The average molecular weight is 542 g/mol. The predicted octanol–water partition coefficient (Wildman–Crippen LogP) is 4.67. The molecule has 6 rings (SSSR count). The van der Waals surface area contributed by atoms with Gasteiger partial charge in [0.15, 0.2) is 0 Å². The third kappa shape index (κ3) is 5.13. The number of aromatic carboxylic acids is 1. The number of halogens is 1. The van der Waals surface area contributed by atoms with Crippen LogP contribution in [0.3, 0.4) is 0 Å². The molecule has 0 saturated carbocycles. The van der Waals surface area contributed by atoms with Gasteiger partial charge in [0.05, 0.1) is 47.5 Å². The number of carboxylic acid groups (broad SMARTS) is 1. The molecule has 0 aliphatic carbocycles. The Kier molecular flexibility index (Phi) is 7.15. The van der Waals surface area contributed by atoms with Gasteiger partial charge < -0.3 is 19.1 Å². The summed E-state index contributed by atoms with van der Waals surface area (Å²) in [6.45, 7) is 3.42. The highest BCUT2D eigenvalue weighted by Crippen LogP contribution is 2.34. The van der Waals surface area contributed by atoms with Gasteiger partial charge in [0.1, 0.15) is 18.2 Å². The van der Waals surface area contributed by atoms with Crippen molar-refractivity contribution in [3.05, 3.63) is 88.6 Å². The van der Waals surface area contributed by atoms with Gasteiger partial charge in [-0.3, -0.25) is 4.90 Å². The third-order valence-corrected chi connectivity index (χ3v) is 7.75. The van der Waals surface area contributed by atoms with E-state index in [1.54, 1.807) is 36.4 Å². The number of nitriles is 1. The van der Waals surface area contributed by atoms with E-state index in [4.69, 9.17) is 24.7 Å². The number of hydrogen-bond donors (Lipinski definition) is 1. The zero-order valence-electron chi connectivity index (χ0n) is 21.8. The highest BCUT2D eigenvalue weighted by molar-refractivity contribution is 5.92. The summed E-state index contributed by atoms with van der Waals surface area (Å²) in [5.41, 5.74) is 3.45. The van der Waals surface area contributed by atoms with Crippen LogP contribution < -0.4 is 4.74 Å². The number of benzene rings is 2. The summed E-state index contributed by atoms with van der Waals surface area (Å²) in [5, 5.41) is 18.4. The number of piperidine rings is 1. The lowest BCUT2D eigenvalue weighted by atomic mass is 9.92. The van der Waals surface area contributed by atoms with E-state index in [2.05, 4.69) is 9.47 Å². The molecule has 4 heterocycles. The number of rotatable bonds is 6. The fourth-order valence-corrected chi connectivity index (χ4v) is 5.59. The quantitative estimate of drug-likeness (QED) is 0.375. The van der Waals surface area contributed by atoms with Gasteiger partial charge >= 0.3 is 5.97 Å². The molecule has 2 aromatic carbocycles. The van der Waals surface area contributed by atoms with Gasteiger partial charge in [-0.25, -0.2) is 19.2 Å². The maximum absolute atomic E-state index is 14.2. The number of carbonyl (C=O) groups is 1. The van der Waals surface area contributed by atoms with Gasteiger partial charge in [-0.2, -0.15) is 5.26 Å². The third-order valence-electron chi connectivity index (χ3n) is 7.75. The van der Waals surface area contributed by atoms with Gasteiger partial charge in [0.2, 0.25) is 5.88 Å². The summed E-state index contributed by atoms with van der Waals surface area (Å²) < 4.78 is 28.1. The summed E-state index contributed by atoms with van der Waals surface area (Å²) in [6, 6.07) is 17.0. The molecule has 1 N–H and O–H groups in total. The van der Waals surface area contributed by atoms with Crippen molar-refractivity contribution in [2.45, 2.75) is 38.0 Å². The molecule has 0 amide bonds. The van der Waals surface area contributed by atoms with E-state index < -0.39 is 11.8 Å². The fraction of sp³-hybridized carbons (Fsp3) is 0.333. The first-order valence-corrected chi connectivity index (χ1v) is 13.3. The van der Waals surface area contributed by atoms with E-state index >= 15 is 0 Å². The Morgan fingerprint density at radius 1 is 1.12 bits per heavy atom. The van der Waals surface area contributed by atoms with Crippen molar-refractivity contribution in [3.63, 3.8) is 0 Å². The van der Waals surface area contributed by atoms with E-state index in [1.807, 2.05) is 18.2 Å². The zero-order chi connectivity index (χ0) is 27.6. The summed E-state index contributed by atoms with van der Waals surface area (Å²) in [5.74, 6) is 0.189. The standard InChI is InChI=1S/C30H28FN5O4/c31-23-14-19(16-32)4-5-22(23)17-40-28-3-1-2-24(33-28)20-8-10-35(11-9-20)27-18-39-13-12-36-26-15-21(30(37)38)6-7-25(26)34-29(27)36/h1-7,14-15,20,27H,8-13,17-18H2,(H,37,38)/t27-/m0/s1. The fourth-order valence-electron chi connectivity index (χ4n) is 5.59. The summed E-state index contributed by atoms with van der Waals surface area (Å²) in [7, 11) is 0. The van der Waals surface area contributed by atoms with Gasteiger partial charge in [0.25, 0.3) is 0 Å². The lowest BCUT2D eigenvalue weighted by Gasteiger charge is -2.36. The van der Waals surface area contributed by atoms with Crippen LogP contribution >= 0.6 is 0 Å². The maximum Gasteiger partial charge on any atom is 0.335 e. The van der Waals surface area contributed by atoms with Crippen molar-refractivity contribution < 1.29 is 23.8 Å². The molecule has 1 fully saturated rings. The number of carboxylic acids is 1. The van der Waals surface area contributed by atoms with Crippen LogP contribution in [0.4, 0.5) is 4.39 Å². The minimum absolute atomic E-state index is 0.0194. The summed E-state index contributed by atoms with van der Waals surface area (Å²) >= 11 is 0. The van der Waals surface area contributed by atoms with Crippen LogP contribution in [0.2, 0.25) is 0 Å². The summed E-state index contributed by atoms with van der Waals surface area (Å²) in [4.78, 5) is 23.5. The Bertz CT molecular complexity index is 1610. The van der Waals surface area contributed by atoms with E-state index in [9.17, 15) is 14.3 Å².